The Labute approximate surface area is 216 Å². The second-order valence-electron chi connectivity index (χ2n) is 8.52. The average molecular weight is 504 g/mol. The largest absolute Gasteiger partial charge is 0.493 e. The molecule has 0 atom stereocenters. The molecule has 0 aliphatic heterocycles. The van der Waals surface area contributed by atoms with E-state index in [-0.39, 0.29) is 12.5 Å². The fourth-order valence-electron chi connectivity index (χ4n) is 4.25. The van der Waals surface area contributed by atoms with Crippen LogP contribution in [0.15, 0.2) is 47.6 Å². The maximum atomic E-state index is 12.5. The lowest BCUT2D eigenvalue weighted by Crippen LogP contribution is -2.36. The van der Waals surface area contributed by atoms with Crippen molar-refractivity contribution in [2.24, 2.45) is 5.10 Å². The highest BCUT2D eigenvalue weighted by atomic mass is 16.5. The van der Waals surface area contributed by atoms with Gasteiger partial charge in [0, 0.05) is 25.0 Å². The van der Waals surface area contributed by atoms with Crippen LogP contribution in [0.1, 0.15) is 39.2 Å². The van der Waals surface area contributed by atoms with Gasteiger partial charge < -0.3 is 18.9 Å². The summed E-state index contributed by atoms with van der Waals surface area (Å²) in [6.07, 6.45) is 3.45. The van der Waals surface area contributed by atoms with Gasteiger partial charge in [-0.3, -0.25) is 4.79 Å². The van der Waals surface area contributed by atoms with E-state index in [4.69, 9.17) is 9.47 Å². The summed E-state index contributed by atoms with van der Waals surface area (Å²) in [4.78, 5) is 19.0. The molecule has 0 bridgehead atoms. The van der Waals surface area contributed by atoms with Crippen LogP contribution in [0.25, 0.3) is 22.1 Å². The fraction of sp³-hybridized carbons (Fsp3) is 0.370. The Morgan fingerprint density at radius 2 is 1.86 bits per heavy atom. The molecule has 0 saturated carbocycles. The van der Waals surface area contributed by atoms with Gasteiger partial charge in [-0.15, -0.1) is 10.2 Å². The van der Waals surface area contributed by atoms with Crippen LogP contribution >= 0.6 is 0 Å². The van der Waals surface area contributed by atoms with Gasteiger partial charge in [0.05, 0.1) is 18.8 Å². The molecule has 37 heavy (non-hydrogen) atoms. The van der Waals surface area contributed by atoms with Crippen LogP contribution in [0.2, 0.25) is 0 Å². The monoisotopic (exact) mass is 503 g/mol. The number of nitrogens with zero attached hydrogens (tertiary/aromatic N) is 6. The molecule has 0 fully saturated rings. The number of hydrazone groups is 1. The van der Waals surface area contributed by atoms with E-state index >= 15 is 0 Å². The molecule has 0 spiro atoms. The van der Waals surface area contributed by atoms with E-state index in [2.05, 4.69) is 57.1 Å². The summed E-state index contributed by atoms with van der Waals surface area (Å²) in [5.41, 5.74) is 6.22. The fourth-order valence-corrected chi connectivity index (χ4v) is 4.25. The van der Waals surface area contributed by atoms with Crippen LogP contribution in [0, 0.1) is 0 Å². The molecule has 10 nitrogen and oxygen atoms in total. The number of hydrogen-bond donors (Lipinski definition) is 1. The summed E-state index contributed by atoms with van der Waals surface area (Å²) < 4.78 is 13.3. The Hall–Kier alpha value is -4.21. The number of rotatable bonds is 12. The predicted octanol–water partition coefficient (Wildman–Crippen LogP) is 4.48. The molecule has 194 valence electrons. The van der Waals surface area contributed by atoms with Crippen LogP contribution in [0.4, 0.5) is 5.95 Å². The molecule has 2 heterocycles. The predicted molar refractivity (Wildman–Crippen MR) is 145 cm³/mol. The van der Waals surface area contributed by atoms with Crippen molar-refractivity contribution in [2.45, 2.75) is 40.2 Å². The van der Waals surface area contributed by atoms with Crippen molar-refractivity contribution in [1.29, 1.82) is 0 Å². The lowest BCUT2D eigenvalue weighted by Gasteiger charge is -2.21. The molecule has 1 N–H and O–H groups in total. The first-order chi connectivity index (χ1) is 18.1. The first-order valence-electron chi connectivity index (χ1n) is 12.6. The number of para-hydroxylation sites is 1. The molecule has 0 saturated heterocycles. The Kier molecular flexibility index (Phi) is 8.50. The van der Waals surface area contributed by atoms with Crippen LogP contribution in [-0.2, 0) is 11.3 Å². The van der Waals surface area contributed by atoms with Gasteiger partial charge in [0.2, 0.25) is 0 Å². The van der Waals surface area contributed by atoms with Crippen molar-refractivity contribution < 1.29 is 14.3 Å². The van der Waals surface area contributed by atoms with Crippen molar-refractivity contribution in [2.75, 3.05) is 32.2 Å². The SMILES string of the molecule is CCCN(CCC)C(=O)COc1ccc(/C=N/Nc2nnc3c4ccccc4n(CC)c3n2)cc1OC. The highest BCUT2D eigenvalue weighted by Gasteiger charge is 2.15. The van der Waals surface area contributed by atoms with E-state index in [0.717, 1.165) is 60.1 Å². The van der Waals surface area contributed by atoms with Crippen molar-refractivity contribution >= 4 is 40.1 Å². The molecular weight excluding hydrogens is 470 g/mol. The Morgan fingerprint density at radius 1 is 1.08 bits per heavy atom. The topological polar surface area (TPSA) is 107 Å². The molecule has 10 heteroatoms. The second kappa shape index (κ2) is 12.2. The quantitative estimate of drug-likeness (QED) is 0.224. The normalized spacial score (nSPS) is 11.4. The minimum atomic E-state index is -0.0351. The van der Waals surface area contributed by atoms with E-state index in [9.17, 15) is 4.79 Å². The summed E-state index contributed by atoms with van der Waals surface area (Å²) in [6.45, 7) is 8.36. The summed E-state index contributed by atoms with van der Waals surface area (Å²) in [5, 5.41) is 13.8. The van der Waals surface area contributed by atoms with Gasteiger partial charge in [0.25, 0.3) is 11.9 Å². The zero-order valence-corrected chi connectivity index (χ0v) is 21.8. The zero-order valence-electron chi connectivity index (χ0n) is 21.8. The molecule has 4 aromatic rings. The molecule has 0 aliphatic rings. The zero-order chi connectivity index (χ0) is 26.2. The smallest absolute Gasteiger partial charge is 0.265 e. The lowest BCUT2D eigenvalue weighted by atomic mass is 10.2. The third-order valence-electron chi connectivity index (χ3n) is 5.95. The standard InChI is InChI=1S/C27H33N7O3/c1-5-14-33(15-6-2)24(35)18-37-22-13-12-19(16-23(22)36-4)17-28-31-27-29-26-25(30-32-27)20-10-8-9-11-21(20)34(26)7-3/h8-13,16-17H,5-7,14-15,18H2,1-4H3,(H,29,31,32)/b28-17+. The molecule has 2 aromatic heterocycles. The van der Waals surface area contributed by atoms with Gasteiger partial charge in [-0.05, 0) is 49.6 Å². The molecule has 0 unspecified atom stereocenters. The first-order valence-corrected chi connectivity index (χ1v) is 12.6. The summed E-state index contributed by atoms with van der Waals surface area (Å²) >= 11 is 0. The Bertz CT molecular complexity index is 1390. The Morgan fingerprint density at radius 3 is 2.59 bits per heavy atom. The Balaban J connectivity index is 1.44. The van der Waals surface area contributed by atoms with Gasteiger partial charge in [0.15, 0.2) is 23.8 Å². The summed E-state index contributed by atoms with van der Waals surface area (Å²) in [5.74, 6) is 1.28. The molecule has 0 aliphatic carbocycles. The highest BCUT2D eigenvalue weighted by Crippen LogP contribution is 2.28. The van der Waals surface area contributed by atoms with E-state index in [1.165, 1.54) is 0 Å². The maximum Gasteiger partial charge on any atom is 0.265 e. The van der Waals surface area contributed by atoms with E-state index in [0.29, 0.717) is 17.4 Å². The molecule has 4 rings (SSSR count). The van der Waals surface area contributed by atoms with E-state index in [1.54, 1.807) is 25.5 Å². The minimum absolute atomic E-state index is 0.0340. The highest BCUT2D eigenvalue weighted by molar-refractivity contribution is 6.04. The number of methoxy groups -OCH3 is 1. The van der Waals surface area contributed by atoms with Crippen molar-refractivity contribution in [1.82, 2.24) is 24.6 Å². The molecule has 1 amide bonds. The maximum absolute atomic E-state index is 12.5. The van der Waals surface area contributed by atoms with Gasteiger partial charge >= 0.3 is 0 Å². The van der Waals surface area contributed by atoms with Gasteiger partial charge in [-0.25, -0.2) is 5.43 Å². The third-order valence-corrected chi connectivity index (χ3v) is 5.95. The van der Waals surface area contributed by atoms with Gasteiger partial charge in [-0.2, -0.15) is 10.1 Å². The van der Waals surface area contributed by atoms with Crippen LogP contribution in [0.3, 0.4) is 0 Å². The van der Waals surface area contributed by atoms with Gasteiger partial charge in [0.1, 0.15) is 5.52 Å². The number of benzene rings is 2. The number of carbonyl (C=O) groups excluding carboxylic acids is 1. The second-order valence-corrected chi connectivity index (χ2v) is 8.52. The minimum Gasteiger partial charge on any atom is -0.493 e. The van der Waals surface area contributed by atoms with Crippen molar-refractivity contribution in [3.63, 3.8) is 0 Å². The first kappa shape index (κ1) is 25.9. The number of carbonyl (C=O) groups is 1. The number of aryl methyl sites for hydroxylation is 1. The van der Waals surface area contributed by atoms with Crippen LogP contribution < -0.4 is 14.9 Å². The van der Waals surface area contributed by atoms with E-state index in [1.807, 2.05) is 29.2 Å². The van der Waals surface area contributed by atoms with Crippen LogP contribution in [-0.4, -0.2) is 63.6 Å². The number of amides is 1. The summed E-state index contributed by atoms with van der Waals surface area (Å²) in [7, 11) is 1.56. The van der Waals surface area contributed by atoms with Crippen molar-refractivity contribution in [3.8, 4) is 11.5 Å². The average Bonchev–Trinajstić information content (AvgIpc) is 3.24. The number of ether oxygens (including phenoxy) is 2. The molecular formula is C27H33N7O3. The molecule has 2 aromatic carbocycles. The number of anilines is 1. The van der Waals surface area contributed by atoms with Gasteiger partial charge in [-0.1, -0.05) is 32.0 Å². The summed E-state index contributed by atoms with van der Waals surface area (Å²) in [6, 6.07) is 13.4. The number of hydrogen-bond acceptors (Lipinski definition) is 8. The molecule has 0 radical (unpaired) electrons. The number of nitrogens with one attached hydrogen (secondary N) is 1. The van der Waals surface area contributed by atoms with Crippen molar-refractivity contribution in [3.05, 3.63) is 48.0 Å². The van der Waals surface area contributed by atoms with E-state index < -0.39 is 0 Å². The number of aromatic nitrogens is 4. The third kappa shape index (κ3) is 5.79. The van der Waals surface area contributed by atoms with Crippen LogP contribution in [0.5, 0.6) is 11.5 Å². The lowest BCUT2D eigenvalue weighted by molar-refractivity contribution is -0.133. The number of fused-ring (bicyclic) bond motifs is 3.